The minimum absolute atomic E-state index is 0.159. The molecule has 0 fully saturated rings. The molecule has 44 heavy (non-hydrogen) atoms. The van der Waals surface area contributed by atoms with Crippen LogP contribution in [0.1, 0.15) is 79.7 Å². The van der Waals surface area contributed by atoms with E-state index in [2.05, 4.69) is 113 Å². The fraction of sp³-hybridized carbons (Fsp3) is 0.368. The SMILES string of the molecule is CC(N)c1ccccc1.CC(NCCBr)c1ccccc1.CC(NCCO)c1ccccc1.CC1NCCc2ccccc21. The standard InChI is InChI=1S/C10H14BrN.C10H15NO.C10H13N.C8H11N/c1-9(12-8-7-11)10-5-3-2-4-6-10;1-9(11-7-8-12)10-5-3-2-4-6-10;1-8-10-5-3-2-4-9(10)6-7-11-8;1-7(9)8-5-3-2-4-6-8/h2-6,9,12H,7-8H2,1H3;2-6,9,11-12H,7-8H2,1H3;2-5,8,11H,6-7H2,1H3;2-7H,9H2,1H3. The monoisotopic (exact) mass is 660 g/mol. The zero-order valence-electron chi connectivity index (χ0n) is 26.9. The van der Waals surface area contributed by atoms with Gasteiger partial charge in [-0.25, -0.2) is 0 Å². The summed E-state index contributed by atoms with van der Waals surface area (Å²) in [7, 11) is 0. The number of nitrogens with two attached hydrogens (primary N) is 1. The van der Waals surface area contributed by atoms with Crippen LogP contribution in [-0.4, -0.2) is 36.7 Å². The topological polar surface area (TPSA) is 82.3 Å². The number of alkyl halides is 1. The van der Waals surface area contributed by atoms with Crippen molar-refractivity contribution in [2.24, 2.45) is 5.73 Å². The van der Waals surface area contributed by atoms with Gasteiger partial charge in [-0.15, -0.1) is 0 Å². The third-order valence-electron chi connectivity index (χ3n) is 7.40. The summed E-state index contributed by atoms with van der Waals surface area (Å²) in [6.45, 7) is 11.4. The summed E-state index contributed by atoms with van der Waals surface area (Å²) in [4.78, 5) is 0. The highest BCUT2D eigenvalue weighted by atomic mass is 79.9. The van der Waals surface area contributed by atoms with Gasteiger partial charge in [0.15, 0.2) is 0 Å². The number of benzene rings is 4. The smallest absolute Gasteiger partial charge is 0.0556 e. The van der Waals surface area contributed by atoms with Crippen molar-refractivity contribution in [3.05, 3.63) is 143 Å². The van der Waals surface area contributed by atoms with E-state index in [0.29, 0.717) is 24.7 Å². The Labute approximate surface area is 274 Å². The van der Waals surface area contributed by atoms with Gasteiger partial charge >= 0.3 is 0 Å². The lowest BCUT2D eigenvalue weighted by Crippen LogP contribution is -2.27. The van der Waals surface area contributed by atoms with Gasteiger partial charge in [0, 0.05) is 42.6 Å². The van der Waals surface area contributed by atoms with Crippen molar-refractivity contribution in [2.75, 3.05) is 31.6 Å². The van der Waals surface area contributed by atoms with Crippen molar-refractivity contribution in [1.29, 1.82) is 0 Å². The second-order valence-electron chi connectivity index (χ2n) is 10.9. The maximum atomic E-state index is 8.60. The molecule has 0 saturated carbocycles. The molecular formula is C38H53BrN4O. The molecule has 0 radical (unpaired) electrons. The number of nitrogens with one attached hydrogen (secondary N) is 3. The Bertz CT molecular complexity index is 1190. The van der Waals surface area contributed by atoms with E-state index in [1.54, 1.807) is 0 Å². The third-order valence-corrected chi connectivity index (χ3v) is 7.79. The van der Waals surface area contributed by atoms with Gasteiger partial charge in [-0.1, -0.05) is 131 Å². The molecule has 0 aliphatic carbocycles. The zero-order chi connectivity index (χ0) is 32.0. The predicted octanol–water partition coefficient (Wildman–Crippen LogP) is 7.66. The molecule has 4 unspecified atom stereocenters. The van der Waals surface area contributed by atoms with Crippen molar-refractivity contribution < 1.29 is 5.11 Å². The summed E-state index contributed by atoms with van der Waals surface area (Å²) in [6, 6.07) is 40.9. The van der Waals surface area contributed by atoms with Crippen LogP contribution in [0.15, 0.2) is 115 Å². The van der Waals surface area contributed by atoms with Gasteiger partial charge in [0.25, 0.3) is 0 Å². The number of fused-ring (bicyclic) bond motifs is 1. The highest BCUT2D eigenvalue weighted by Crippen LogP contribution is 2.21. The van der Waals surface area contributed by atoms with Gasteiger partial charge < -0.3 is 26.8 Å². The van der Waals surface area contributed by atoms with Gasteiger partial charge in [-0.2, -0.15) is 0 Å². The second kappa shape index (κ2) is 22.6. The highest BCUT2D eigenvalue weighted by molar-refractivity contribution is 9.09. The van der Waals surface area contributed by atoms with Crippen LogP contribution in [0.3, 0.4) is 0 Å². The third kappa shape index (κ3) is 14.8. The van der Waals surface area contributed by atoms with Gasteiger partial charge in [-0.05, 0) is 68.5 Å². The van der Waals surface area contributed by atoms with Crippen LogP contribution in [0.25, 0.3) is 0 Å². The van der Waals surface area contributed by atoms with E-state index in [-0.39, 0.29) is 12.6 Å². The number of halogens is 1. The van der Waals surface area contributed by atoms with E-state index in [0.717, 1.165) is 18.4 Å². The molecule has 4 aromatic rings. The number of hydrogen-bond donors (Lipinski definition) is 5. The van der Waals surface area contributed by atoms with E-state index < -0.39 is 0 Å². The fourth-order valence-electron chi connectivity index (χ4n) is 4.75. The first-order valence-electron chi connectivity index (χ1n) is 15.7. The predicted molar refractivity (Wildman–Crippen MR) is 192 cm³/mol. The molecule has 1 aliphatic heterocycles. The zero-order valence-corrected chi connectivity index (χ0v) is 28.5. The summed E-state index contributed by atoms with van der Waals surface area (Å²) < 4.78 is 0. The van der Waals surface area contributed by atoms with Crippen LogP contribution in [0.4, 0.5) is 0 Å². The summed E-state index contributed by atoms with van der Waals surface area (Å²) in [5.74, 6) is 0. The molecule has 6 heteroatoms. The molecule has 0 bridgehead atoms. The first-order valence-corrected chi connectivity index (χ1v) is 16.8. The van der Waals surface area contributed by atoms with Crippen molar-refractivity contribution >= 4 is 15.9 Å². The van der Waals surface area contributed by atoms with Crippen LogP contribution < -0.4 is 21.7 Å². The summed E-state index contributed by atoms with van der Waals surface area (Å²) in [6.07, 6.45) is 1.18. The largest absolute Gasteiger partial charge is 0.395 e. The molecule has 1 aliphatic rings. The van der Waals surface area contributed by atoms with E-state index in [1.165, 1.54) is 34.2 Å². The molecule has 0 saturated heterocycles. The minimum atomic E-state index is 0.159. The highest BCUT2D eigenvalue weighted by Gasteiger charge is 2.13. The molecule has 5 rings (SSSR count). The molecule has 0 aromatic heterocycles. The van der Waals surface area contributed by atoms with E-state index in [4.69, 9.17) is 10.8 Å². The van der Waals surface area contributed by atoms with Crippen LogP contribution >= 0.6 is 15.9 Å². The molecule has 0 amide bonds. The average molecular weight is 662 g/mol. The normalized spacial score (nSPS) is 15.4. The summed E-state index contributed by atoms with van der Waals surface area (Å²) in [5, 5.41) is 19.6. The Kier molecular flexibility index (Phi) is 19.2. The number of aliphatic hydroxyl groups is 1. The van der Waals surface area contributed by atoms with Gasteiger partial charge in [0.2, 0.25) is 0 Å². The van der Waals surface area contributed by atoms with Crippen LogP contribution in [0.2, 0.25) is 0 Å². The van der Waals surface area contributed by atoms with Crippen molar-refractivity contribution in [3.8, 4) is 0 Å². The Hall–Kier alpha value is -2.84. The summed E-state index contributed by atoms with van der Waals surface area (Å²) >= 11 is 3.39. The van der Waals surface area contributed by atoms with Crippen LogP contribution in [0.5, 0.6) is 0 Å². The maximum Gasteiger partial charge on any atom is 0.0556 e. The van der Waals surface area contributed by atoms with Gasteiger partial charge in [-0.3, -0.25) is 0 Å². The van der Waals surface area contributed by atoms with Gasteiger partial charge in [0.05, 0.1) is 6.61 Å². The molecule has 4 atom stereocenters. The van der Waals surface area contributed by atoms with Crippen molar-refractivity contribution in [3.63, 3.8) is 0 Å². The first kappa shape index (κ1) is 37.3. The van der Waals surface area contributed by atoms with E-state index in [9.17, 15) is 0 Å². The molecule has 4 aromatic carbocycles. The van der Waals surface area contributed by atoms with Crippen molar-refractivity contribution in [2.45, 2.75) is 58.3 Å². The Morgan fingerprint density at radius 3 is 1.61 bits per heavy atom. The Morgan fingerprint density at radius 1 is 0.727 bits per heavy atom. The Balaban J connectivity index is 0.000000206. The Morgan fingerprint density at radius 2 is 1.18 bits per heavy atom. The average Bonchev–Trinajstić information content (AvgIpc) is 3.08. The molecule has 0 spiro atoms. The van der Waals surface area contributed by atoms with Crippen molar-refractivity contribution in [1.82, 2.24) is 16.0 Å². The quantitative estimate of drug-likeness (QED) is 0.119. The number of rotatable bonds is 9. The lowest BCUT2D eigenvalue weighted by Gasteiger charge is -2.23. The van der Waals surface area contributed by atoms with Crippen LogP contribution in [0, 0.1) is 0 Å². The second-order valence-corrected chi connectivity index (χ2v) is 11.7. The first-order chi connectivity index (χ1) is 21.4. The van der Waals surface area contributed by atoms with E-state index >= 15 is 0 Å². The minimum Gasteiger partial charge on any atom is -0.395 e. The van der Waals surface area contributed by atoms with E-state index in [1.807, 2.05) is 61.5 Å². The molecule has 238 valence electrons. The fourth-order valence-corrected chi connectivity index (χ4v) is 4.97. The number of aliphatic hydroxyl groups excluding tert-OH is 1. The van der Waals surface area contributed by atoms with Gasteiger partial charge in [0.1, 0.15) is 0 Å². The lowest BCUT2D eigenvalue weighted by atomic mass is 9.96. The molecule has 5 nitrogen and oxygen atoms in total. The lowest BCUT2D eigenvalue weighted by molar-refractivity contribution is 0.286. The summed E-state index contributed by atoms with van der Waals surface area (Å²) in [5.41, 5.74) is 12.4. The maximum absolute atomic E-state index is 8.60. The number of hydrogen-bond acceptors (Lipinski definition) is 5. The van der Waals surface area contributed by atoms with Crippen LogP contribution in [-0.2, 0) is 6.42 Å². The molecule has 6 N–H and O–H groups in total. The molecule has 1 heterocycles. The molecular weight excluding hydrogens is 608 g/mol.